The minimum Gasteiger partial charge on any atom is -0.392 e. The average Bonchev–Trinajstić information content (AvgIpc) is 3.19. The lowest BCUT2D eigenvalue weighted by atomic mass is 9.53. The topological polar surface area (TPSA) is 110 Å². The highest BCUT2D eigenvalue weighted by Crippen LogP contribution is 2.57. The number of amides is 1. The first kappa shape index (κ1) is 28.9. The molecule has 3 aliphatic rings. The van der Waals surface area contributed by atoms with E-state index in [9.17, 15) is 18.3 Å². The van der Waals surface area contributed by atoms with Crippen molar-refractivity contribution < 1.29 is 28.0 Å². The number of morpholine rings is 1. The molecule has 0 bridgehead atoms. The van der Waals surface area contributed by atoms with Gasteiger partial charge in [-0.3, -0.25) is 4.79 Å². The molecule has 2 heterocycles. The third-order valence-corrected chi connectivity index (χ3v) is 13.0. The summed E-state index contributed by atoms with van der Waals surface area (Å²) in [5.74, 6) is -0.396. The molecule has 1 saturated carbocycles. The zero-order valence-electron chi connectivity index (χ0n) is 23.3. The molecule has 0 aromatic carbocycles. The predicted octanol–water partition coefficient (Wildman–Crippen LogP) is 1.58. The Hall–Kier alpha value is -1.07. The number of rotatable bonds is 7. The van der Waals surface area contributed by atoms with Gasteiger partial charge in [0.1, 0.15) is 23.8 Å². The summed E-state index contributed by atoms with van der Waals surface area (Å²) in [6, 6.07) is 0. The van der Waals surface area contributed by atoms with Crippen LogP contribution in [0.25, 0.3) is 0 Å². The number of thiazole rings is 1. The lowest BCUT2D eigenvalue weighted by Gasteiger charge is -2.53. The normalized spacial score (nSPS) is 31.9. The molecule has 1 amide bonds. The summed E-state index contributed by atoms with van der Waals surface area (Å²) in [7, 11) is -3.32. The summed E-state index contributed by atoms with van der Waals surface area (Å²) < 4.78 is 30.2. The molecule has 0 unspecified atom stereocenters. The van der Waals surface area contributed by atoms with E-state index < -0.39 is 20.7 Å². The second-order valence-corrected chi connectivity index (χ2v) is 16.7. The molecular weight excluding hydrogens is 510 g/mol. The number of quaternary nitrogens is 1. The van der Waals surface area contributed by atoms with Crippen molar-refractivity contribution in [2.75, 3.05) is 39.4 Å². The van der Waals surface area contributed by atoms with Gasteiger partial charge in [0.25, 0.3) is 0 Å². The van der Waals surface area contributed by atoms with Crippen LogP contribution in [0.1, 0.15) is 75.9 Å². The number of hydrogen-bond donors (Lipinski definition) is 3. The summed E-state index contributed by atoms with van der Waals surface area (Å²) in [6.07, 6.45) is 1.95. The number of carbonyl (C=O) groups is 1. The second kappa shape index (κ2) is 10.8. The molecule has 210 valence electrons. The molecule has 4 rings (SSSR count). The van der Waals surface area contributed by atoms with Crippen molar-refractivity contribution in [1.82, 2.24) is 10.3 Å². The highest BCUT2D eigenvalue weighted by Gasteiger charge is 2.54. The van der Waals surface area contributed by atoms with Crippen molar-refractivity contribution in [3.05, 3.63) is 15.6 Å². The fourth-order valence-corrected chi connectivity index (χ4v) is 9.36. The van der Waals surface area contributed by atoms with Crippen LogP contribution in [-0.2, 0) is 31.5 Å². The van der Waals surface area contributed by atoms with Crippen LogP contribution < -0.4 is 10.2 Å². The van der Waals surface area contributed by atoms with Crippen LogP contribution in [0.2, 0.25) is 0 Å². The first-order chi connectivity index (χ1) is 17.2. The molecule has 37 heavy (non-hydrogen) atoms. The van der Waals surface area contributed by atoms with E-state index in [0.717, 1.165) is 62.7 Å². The molecule has 6 atom stereocenters. The van der Waals surface area contributed by atoms with Crippen molar-refractivity contribution in [3.8, 4) is 0 Å². The van der Waals surface area contributed by atoms with Crippen LogP contribution in [0.15, 0.2) is 0 Å². The van der Waals surface area contributed by atoms with Crippen molar-refractivity contribution >= 4 is 27.1 Å². The Kier molecular flexibility index (Phi) is 8.47. The molecule has 2 fully saturated rings. The van der Waals surface area contributed by atoms with Crippen LogP contribution in [0.3, 0.4) is 0 Å². The fraction of sp³-hybridized carbons (Fsp3) is 0.852. The smallest absolute Gasteiger partial charge is 0.223 e. The van der Waals surface area contributed by atoms with Crippen LogP contribution >= 0.6 is 11.3 Å². The largest absolute Gasteiger partial charge is 0.392 e. The number of aromatic nitrogens is 1. The van der Waals surface area contributed by atoms with Gasteiger partial charge >= 0.3 is 0 Å². The lowest BCUT2D eigenvalue weighted by Crippen LogP contribution is -3.14. The molecule has 2 aliphatic carbocycles. The van der Waals surface area contributed by atoms with E-state index in [1.54, 1.807) is 20.8 Å². The molecule has 1 aliphatic heterocycles. The summed E-state index contributed by atoms with van der Waals surface area (Å²) in [5.41, 5.74) is 0.849. The van der Waals surface area contributed by atoms with Gasteiger partial charge in [0, 0.05) is 16.7 Å². The van der Waals surface area contributed by atoms with Crippen molar-refractivity contribution in [1.29, 1.82) is 0 Å². The lowest BCUT2D eigenvalue weighted by molar-refractivity contribution is -0.906. The Morgan fingerprint density at radius 2 is 2.00 bits per heavy atom. The van der Waals surface area contributed by atoms with Crippen LogP contribution in [-0.4, -0.2) is 74.7 Å². The standard InChI is InChI=1S/C27H45N3O5S2/c1-17(25(32)28-9-10-30-11-13-35-14-12-30)19-7-8-27(6)15-20-23(18(2)22(27)24(19)31)29-21(36-20)16-37(33,34)26(3,4)5/h17-19,22,24,31H,7-16H2,1-6H3,(H,28,32)/p+1/t17-,18-,19+,22+,24-,27-/m0/s1. The highest BCUT2D eigenvalue weighted by molar-refractivity contribution is 7.92. The van der Waals surface area contributed by atoms with Gasteiger partial charge in [0.05, 0.1) is 42.8 Å². The van der Waals surface area contributed by atoms with E-state index in [2.05, 4.69) is 19.2 Å². The van der Waals surface area contributed by atoms with E-state index in [1.807, 2.05) is 6.92 Å². The van der Waals surface area contributed by atoms with E-state index >= 15 is 0 Å². The van der Waals surface area contributed by atoms with Gasteiger partial charge in [0.2, 0.25) is 5.91 Å². The van der Waals surface area contributed by atoms with E-state index in [1.165, 1.54) is 16.2 Å². The summed E-state index contributed by atoms with van der Waals surface area (Å²) in [6.45, 7) is 16.5. The number of sulfone groups is 1. The number of carbonyl (C=O) groups excluding carboxylic acids is 1. The zero-order chi connectivity index (χ0) is 27.2. The number of aliphatic hydroxyl groups is 1. The number of nitrogens with one attached hydrogen (secondary N) is 2. The van der Waals surface area contributed by atoms with Gasteiger partial charge < -0.3 is 20.1 Å². The summed E-state index contributed by atoms with van der Waals surface area (Å²) in [5, 5.41) is 15.4. The summed E-state index contributed by atoms with van der Waals surface area (Å²) >= 11 is 1.52. The molecular formula is C27H46N3O5S2+. The number of nitrogens with zero attached hydrogens (tertiary/aromatic N) is 1. The first-order valence-corrected chi connectivity index (χ1v) is 16.3. The monoisotopic (exact) mass is 556 g/mol. The Bertz CT molecular complexity index is 1080. The molecule has 1 saturated heterocycles. The van der Waals surface area contributed by atoms with Gasteiger partial charge in [-0.25, -0.2) is 13.4 Å². The highest BCUT2D eigenvalue weighted by atomic mass is 32.2. The van der Waals surface area contributed by atoms with E-state index in [4.69, 9.17) is 9.72 Å². The second-order valence-electron chi connectivity index (χ2n) is 12.8. The number of hydrogen-bond acceptors (Lipinski definition) is 7. The predicted molar refractivity (Wildman–Crippen MR) is 145 cm³/mol. The Balaban J connectivity index is 1.44. The maximum atomic E-state index is 13.0. The molecule has 0 radical (unpaired) electrons. The number of ether oxygens (including phenoxy) is 1. The summed E-state index contributed by atoms with van der Waals surface area (Å²) in [4.78, 5) is 20.5. The Morgan fingerprint density at radius 1 is 1.32 bits per heavy atom. The third-order valence-electron chi connectivity index (χ3n) is 9.25. The van der Waals surface area contributed by atoms with Gasteiger partial charge in [-0.1, -0.05) is 20.8 Å². The third kappa shape index (κ3) is 5.93. The molecule has 0 spiro atoms. The minimum atomic E-state index is -3.32. The quantitative estimate of drug-likeness (QED) is 0.471. The van der Waals surface area contributed by atoms with Gasteiger partial charge in [-0.2, -0.15) is 0 Å². The van der Waals surface area contributed by atoms with Crippen LogP contribution in [0, 0.1) is 23.2 Å². The SMILES string of the molecule is C[C@H](C(=O)NCC[NH+]1CCOCC1)[C@H]1CC[C@@]2(C)Cc3sc(CS(=O)(=O)C(C)(C)C)nc3[C@@H](C)[C@@H]2[C@H]1O. The number of aliphatic hydroxyl groups excluding tert-OH is 1. The van der Waals surface area contributed by atoms with Crippen molar-refractivity contribution in [3.63, 3.8) is 0 Å². The fourth-order valence-electron chi connectivity index (χ4n) is 6.67. The van der Waals surface area contributed by atoms with Gasteiger partial charge in [0.15, 0.2) is 9.84 Å². The maximum Gasteiger partial charge on any atom is 0.223 e. The zero-order valence-corrected chi connectivity index (χ0v) is 24.9. The van der Waals surface area contributed by atoms with E-state index in [0.29, 0.717) is 11.6 Å². The van der Waals surface area contributed by atoms with Gasteiger partial charge in [-0.15, -0.1) is 11.3 Å². The van der Waals surface area contributed by atoms with Crippen LogP contribution in [0.5, 0.6) is 0 Å². The average molecular weight is 557 g/mol. The molecule has 3 N–H and O–H groups in total. The number of fused-ring (bicyclic) bond motifs is 2. The molecule has 1 aromatic rings. The van der Waals surface area contributed by atoms with Crippen molar-refractivity contribution in [2.24, 2.45) is 23.2 Å². The van der Waals surface area contributed by atoms with Crippen molar-refractivity contribution in [2.45, 2.75) is 83.3 Å². The Labute approximate surface area is 226 Å². The van der Waals surface area contributed by atoms with Gasteiger partial charge in [-0.05, 0) is 57.3 Å². The van der Waals surface area contributed by atoms with Crippen LogP contribution in [0.4, 0.5) is 0 Å². The molecule has 8 nitrogen and oxygen atoms in total. The molecule has 1 aromatic heterocycles. The van der Waals surface area contributed by atoms with E-state index in [-0.39, 0.29) is 40.7 Å². The first-order valence-electron chi connectivity index (χ1n) is 13.8. The molecule has 10 heteroatoms. The maximum absolute atomic E-state index is 13.0. The minimum absolute atomic E-state index is 0.00840. The Morgan fingerprint density at radius 3 is 2.65 bits per heavy atom.